The number of hydrogen-bond donors (Lipinski definition) is 1. The van der Waals surface area contributed by atoms with Crippen LogP contribution in [0, 0.1) is 0 Å². The van der Waals surface area contributed by atoms with Gasteiger partial charge in [0.1, 0.15) is 0 Å². The minimum Gasteiger partial charge on any atom is -0.369 e. The average molecular weight is 245 g/mol. The molecular formula is C15H23N3. The zero-order valence-corrected chi connectivity index (χ0v) is 11.2. The zero-order valence-electron chi connectivity index (χ0n) is 11.2. The largest absolute Gasteiger partial charge is 0.369 e. The van der Waals surface area contributed by atoms with Gasteiger partial charge in [0.2, 0.25) is 0 Å². The summed E-state index contributed by atoms with van der Waals surface area (Å²) >= 11 is 0. The van der Waals surface area contributed by atoms with Crippen molar-refractivity contribution in [1.82, 2.24) is 10.2 Å². The SMILES string of the molecule is CN1CCCC1c1ccccc1N1CCNCC1. The van der Waals surface area contributed by atoms with Crippen molar-refractivity contribution in [2.45, 2.75) is 18.9 Å². The Labute approximate surface area is 110 Å². The van der Waals surface area contributed by atoms with Crippen LogP contribution in [0.5, 0.6) is 0 Å². The smallest absolute Gasteiger partial charge is 0.0415 e. The molecule has 0 radical (unpaired) electrons. The van der Waals surface area contributed by atoms with Crippen molar-refractivity contribution in [2.24, 2.45) is 0 Å². The number of benzene rings is 1. The van der Waals surface area contributed by atoms with Crippen LogP contribution in [0.25, 0.3) is 0 Å². The van der Waals surface area contributed by atoms with Gasteiger partial charge in [-0.15, -0.1) is 0 Å². The topological polar surface area (TPSA) is 18.5 Å². The normalized spacial score (nSPS) is 25.6. The number of nitrogens with one attached hydrogen (secondary N) is 1. The summed E-state index contributed by atoms with van der Waals surface area (Å²) in [4.78, 5) is 5.04. The van der Waals surface area contributed by atoms with Crippen molar-refractivity contribution >= 4 is 5.69 Å². The molecule has 0 aliphatic carbocycles. The first kappa shape index (κ1) is 12.0. The van der Waals surface area contributed by atoms with Gasteiger partial charge in [-0.2, -0.15) is 0 Å². The fourth-order valence-corrected chi connectivity index (χ4v) is 3.27. The molecule has 3 rings (SSSR count). The Hall–Kier alpha value is -1.06. The van der Waals surface area contributed by atoms with Crippen molar-refractivity contribution < 1.29 is 0 Å². The molecule has 1 N–H and O–H groups in total. The maximum absolute atomic E-state index is 3.43. The molecule has 0 bridgehead atoms. The molecule has 0 saturated carbocycles. The fourth-order valence-electron chi connectivity index (χ4n) is 3.27. The Morgan fingerprint density at radius 1 is 1.11 bits per heavy atom. The van der Waals surface area contributed by atoms with Gasteiger partial charge in [-0.05, 0) is 38.1 Å². The van der Waals surface area contributed by atoms with Gasteiger partial charge in [0.05, 0.1) is 0 Å². The lowest BCUT2D eigenvalue weighted by Crippen LogP contribution is -2.44. The van der Waals surface area contributed by atoms with E-state index in [1.54, 1.807) is 0 Å². The van der Waals surface area contributed by atoms with Crippen LogP contribution in [0.4, 0.5) is 5.69 Å². The average Bonchev–Trinajstić information content (AvgIpc) is 2.86. The summed E-state index contributed by atoms with van der Waals surface area (Å²) in [6.45, 7) is 5.71. The molecule has 2 aliphatic rings. The monoisotopic (exact) mass is 245 g/mol. The van der Waals surface area contributed by atoms with Gasteiger partial charge in [-0.1, -0.05) is 18.2 Å². The molecule has 1 atom stereocenters. The first-order chi connectivity index (χ1) is 8.86. The predicted molar refractivity (Wildman–Crippen MR) is 76.1 cm³/mol. The zero-order chi connectivity index (χ0) is 12.4. The molecule has 2 aliphatic heterocycles. The second-order valence-corrected chi connectivity index (χ2v) is 5.43. The highest BCUT2D eigenvalue weighted by Crippen LogP contribution is 2.36. The lowest BCUT2D eigenvalue weighted by Gasteiger charge is -2.33. The van der Waals surface area contributed by atoms with Gasteiger partial charge in [-0.25, -0.2) is 0 Å². The van der Waals surface area contributed by atoms with E-state index in [1.165, 1.54) is 30.6 Å². The number of hydrogen-bond acceptors (Lipinski definition) is 3. The molecule has 0 spiro atoms. The van der Waals surface area contributed by atoms with E-state index in [4.69, 9.17) is 0 Å². The molecule has 3 heteroatoms. The molecule has 2 fully saturated rings. The van der Waals surface area contributed by atoms with E-state index < -0.39 is 0 Å². The lowest BCUT2D eigenvalue weighted by atomic mass is 10.0. The van der Waals surface area contributed by atoms with Gasteiger partial charge in [0.25, 0.3) is 0 Å². The molecule has 2 saturated heterocycles. The molecule has 1 aromatic carbocycles. The van der Waals surface area contributed by atoms with Crippen molar-refractivity contribution in [3.63, 3.8) is 0 Å². The summed E-state index contributed by atoms with van der Waals surface area (Å²) in [6, 6.07) is 9.61. The molecule has 18 heavy (non-hydrogen) atoms. The highest BCUT2D eigenvalue weighted by Gasteiger charge is 2.26. The van der Waals surface area contributed by atoms with E-state index in [0.29, 0.717) is 6.04 Å². The minimum atomic E-state index is 0.621. The van der Waals surface area contributed by atoms with Crippen LogP contribution < -0.4 is 10.2 Å². The second kappa shape index (κ2) is 5.29. The van der Waals surface area contributed by atoms with E-state index in [1.807, 2.05) is 0 Å². The summed E-state index contributed by atoms with van der Waals surface area (Å²) in [5, 5.41) is 3.43. The summed E-state index contributed by atoms with van der Waals surface area (Å²) in [5.41, 5.74) is 2.98. The van der Waals surface area contributed by atoms with Crippen LogP contribution in [0.2, 0.25) is 0 Å². The molecule has 98 valence electrons. The number of nitrogens with zero attached hydrogens (tertiary/aromatic N) is 2. The van der Waals surface area contributed by atoms with Gasteiger partial charge in [0, 0.05) is 37.9 Å². The lowest BCUT2D eigenvalue weighted by molar-refractivity contribution is 0.317. The first-order valence-corrected chi connectivity index (χ1v) is 7.11. The highest BCUT2D eigenvalue weighted by molar-refractivity contribution is 5.55. The van der Waals surface area contributed by atoms with Gasteiger partial charge in [-0.3, -0.25) is 4.90 Å². The van der Waals surface area contributed by atoms with E-state index >= 15 is 0 Å². The van der Waals surface area contributed by atoms with E-state index in [2.05, 4.69) is 46.4 Å². The highest BCUT2D eigenvalue weighted by atomic mass is 15.2. The molecular weight excluding hydrogens is 222 g/mol. The van der Waals surface area contributed by atoms with E-state index in [0.717, 1.165) is 26.2 Å². The fraction of sp³-hybridized carbons (Fsp3) is 0.600. The summed E-state index contributed by atoms with van der Waals surface area (Å²) in [7, 11) is 2.26. The van der Waals surface area contributed by atoms with Crippen LogP contribution >= 0.6 is 0 Å². The third kappa shape index (κ3) is 2.25. The van der Waals surface area contributed by atoms with Crippen LogP contribution in [-0.4, -0.2) is 44.7 Å². The molecule has 1 aromatic rings. The second-order valence-electron chi connectivity index (χ2n) is 5.43. The number of rotatable bonds is 2. The first-order valence-electron chi connectivity index (χ1n) is 7.11. The van der Waals surface area contributed by atoms with Crippen LogP contribution in [0.15, 0.2) is 24.3 Å². The number of piperazine rings is 1. The Bertz CT molecular complexity index is 398. The maximum Gasteiger partial charge on any atom is 0.0415 e. The predicted octanol–water partition coefficient (Wildman–Crippen LogP) is 1.86. The van der Waals surface area contributed by atoms with Crippen molar-refractivity contribution in [1.29, 1.82) is 0 Å². The molecule has 2 heterocycles. The standard InChI is InChI=1S/C15H23N3/c1-17-10-4-7-14(17)13-5-2-3-6-15(13)18-11-8-16-9-12-18/h2-3,5-6,14,16H,4,7-12H2,1H3. The summed E-state index contributed by atoms with van der Waals surface area (Å²) in [5.74, 6) is 0. The minimum absolute atomic E-state index is 0.621. The Kier molecular flexibility index (Phi) is 3.52. The molecule has 3 nitrogen and oxygen atoms in total. The maximum atomic E-state index is 3.43. The Balaban J connectivity index is 1.89. The van der Waals surface area contributed by atoms with E-state index in [9.17, 15) is 0 Å². The summed E-state index contributed by atoms with van der Waals surface area (Å²) < 4.78 is 0. The van der Waals surface area contributed by atoms with Gasteiger partial charge in [0.15, 0.2) is 0 Å². The van der Waals surface area contributed by atoms with Crippen molar-refractivity contribution in [3.05, 3.63) is 29.8 Å². The Morgan fingerprint density at radius 3 is 2.61 bits per heavy atom. The van der Waals surface area contributed by atoms with Gasteiger partial charge >= 0.3 is 0 Å². The van der Waals surface area contributed by atoms with Crippen LogP contribution in [0.3, 0.4) is 0 Å². The number of para-hydroxylation sites is 1. The summed E-state index contributed by atoms with van der Waals surface area (Å²) in [6.07, 6.45) is 2.64. The number of likely N-dealkylation sites (tertiary alicyclic amines) is 1. The van der Waals surface area contributed by atoms with Gasteiger partial charge < -0.3 is 10.2 Å². The quantitative estimate of drug-likeness (QED) is 0.858. The number of anilines is 1. The third-order valence-electron chi connectivity index (χ3n) is 4.27. The molecule has 0 amide bonds. The van der Waals surface area contributed by atoms with Crippen molar-refractivity contribution in [2.75, 3.05) is 44.7 Å². The molecule has 0 aromatic heterocycles. The van der Waals surface area contributed by atoms with E-state index in [-0.39, 0.29) is 0 Å². The third-order valence-corrected chi connectivity index (χ3v) is 4.27. The molecule has 1 unspecified atom stereocenters. The Morgan fingerprint density at radius 2 is 1.89 bits per heavy atom. The van der Waals surface area contributed by atoms with Crippen LogP contribution in [0.1, 0.15) is 24.4 Å². The van der Waals surface area contributed by atoms with Crippen molar-refractivity contribution in [3.8, 4) is 0 Å². The van der Waals surface area contributed by atoms with Crippen LogP contribution in [-0.2, 0) is 0 Å².